The Labute approximate surface area is 176 Å². The van der Waals surface area contributed by atoms with Gasteiger partial charge in [-0.1, -0.05) is 102 Å². The maximum absolute atomic E-state index is 10.3. The minimum Gasteiger partial charge on any atom is -0.347 e. The van der Waals surface area contributed by atoms with E-state index in [1.807, 2.05) is 30.3 Å². The highest BCUT2D eigenvalue weighted by atomic mass is 31.2. The van der Waals surface area contributed by atoms with Crippen molar-refractivity contribution in [2.45, 2.75) is 52.4 Å². The Balaban J connectivity index is 2.52. The molecule has 0 heterocycles. The smallest absolute Gasteiger partial charge is 0.200 e. The molecule has 0 aliphatic heterocycles. The van der Waals surface area contributed by atoms with Crippen LogP contribution in [-0.4, -0.2) is 9.79 Å². The second kappa shape index (κ2) is 8.03. The van der Waals surface area contributed by atoms with Crippen LogP contribution in [0.2, 0.25) is 0 Å². The van der Waals surface area contributed by atoms with Gasteiger partial charge in [0.15, 0.2) is 8.38 Å². The van der Waals surface area contributed by atoms with Crippen LogP contribution in [0.15, 0.2) is 66.7 Å². The molecule has 0 amide bonds. The van der Waals surface area contributed by atoms with E-state index in [0.29, 0.717) is 5.30 Å². The highest BCUT2D eigenvalue weighted by molar-refractivity contribution is 7.54. The number of rotatable bonds is 3. The van der Waals surface area contributed by atoms with Crippen LogP contribution in [0.5, 0.6) is 0 Å². The summed E-state index contributed by atoms with van der Waals surface area (Å²) in [5.41, 5.74) is 6.41. The molecule has 2 nitrogen and oxygen atoms in total. The monoisotopic (exact) mass is 406 g/mol. The molecular weight excluding hydrogens is 375 g/mol. The van der Waals surface area contributed by atoms with Crippen molar-refractivity contribution in [1.29, 1.82) is 0 Å². The van der Waals surface area contributed by atoms with Gasteiger partial charge in [0, 0.05) is 10.9 Å². The lowest BCUT2D eigenvalue weighted by Crippen LogP contribution is -2.21. The van der Waals surface area contributed by atoms with Gasteiger partial charge in [-0.2, -0.15) is 0 Å². The maximum atomic E-state index is 10.3. The predicted octanol–water partition coefficient (Wildman–Crippen LogP) is 6.54. The first kappa shape index (κ1) is 21.7. The van der Waals surface area contributed by atoms with E-state index in [2.05, 4.69) is 77.9 Å². The second-order valence-electron chi connectivity index (χ2n) is 9.58. The van der Waals surface area contributed by atoms with Gasteiger partial charge in [0.2, 0.25) is 0 Å². The van der Waals surface area contributed by atoms with Gasteiger partial charge < -0.3 is 9.79 Å². The molecule has 0 radical (unpaired) electrons. The zero-order chi connectivity index (χ0) is 21.4. The lowest BCUT2D eigenvalue weighted by Gasteiger charge is -2.32. The fraction of sp³-hybridized carbons (Fsp3) is 0.308. The van der Waals surface area contributed by atoms with Crippen LogP contribution in [0.1, 0.15) is 52.7 Å². The lowest BCUT2D eigenvalue weighted by atomic mass is 9.73. The van der Waals surface area contributed by atoms with Crippen LogP contribution >= 0.6 is 8.38 Å². The third-order valence-electron chi connectivity index (χ3n) is 5.27. The largest absolute Gasteiger partial charge is 0.347 e. The standard InChI is InChI=1S/C26H31O2P/c1-25(2,3)20-15-11-16-21(26(4,5)6)24(20)23-19(18-12-8-7-9-13-18)14-10-17-22(23)29(27)28/h7-17,27-28H,1-6H3. The summed E-state index contributed by atoms with van der Waals surface area (Å²) in [6.45, 7) is 13.3. The predicted molar refractivity (Wildman–Crippen MR) is 126 cm³/mol. The van der Waals surface area contributed by atoms with Crippen LogP contribution in [0.25, 0.3) is 22.3 Å². The zero-order valence-electron chi connectivity index (χ0n) is 18.2. The average molecular weight is 407 g/mol. The highest BCUT2D eigenvalue weighted by Gasteiger charge is 2.29. The molecule has 0 bridgehead atoms. The Morgan fingerprint density at radius 1 is 0.586 bits per heavy atom. The van der Waals surface area contributed by atoms with Gasteiger partial charge in [0.05, 0.1) is 0 Å². The molecule has 0 saturated heterocycles. The van der Waals surface area contributed by atoms with Crippen LogP contribution in [-0.2, 0) is 10.8 Å². The Morgan fingerprint density at radius 3 is 1.59 bits per heavy atom. The summed E-state index contributed by atoms with van der Waals surface area (Å²) < 4.78 is 0. The Bertz CT molecular complexity index is 961. The normalized spacial score (nSPS) is 12.4. The van der Waals surface area contributed by atoms with Crippen molar-refractivity contribution in [2.75, 3.05) is 0 Å². The fourth-order valence-corrected chi connectivity index (χ4v) is 4.55. The van der Waals surface area contributed by atoms with Gasteiger partial charge >= 0.3 is 0 Å². The highest BCUT2D eigenvalue weighted by Crippen LogP contribution is 2.45. The SMILES string of the molecule is CC(C)(C)c1cccc(C(C)(C)C)c1-c1c(-c2ccccc2)cccc1P(O)O. The molecule has 0 aliphatic rings. The summed E-state index contributed by atoms with van der Waals surface area (Å²) in [7, 11) is -2.24. The van der Waals surface area contributed by atoms with Crippen molar-refractivity contribution >= 4 is 13.7 Å². The number of benzene rings is 3. The Hall–Kier alpha value is -1.99. The van der Waals surface area contributed by atoms with Crippen LogP contribution in [0.4, 0.5) is 0 Å². The minimum absolute atomic E-state index is 0.0919. The summed E-state index contributed by atoms with van der Waals surface area (Å²) in [6, 6.07) is 22.5. The molecule has 0 spiro atoms. The van der Waals surface area contributed by atoms with E-state index in [1.54, 1.807) is 0 Å². The molecule has 3 rings (SSSR count). The Kier molecular flexibility index (Phi) is 6.01. The fourth-order valence-electron chi connectivity index (χ4n) is 3.90. The second-order valence-corrected chi connectivity index (χ2v) is 10.6. The maximum Gasteiger partial charge on any atom is 0.200 e. The van der Waals surface area contributed by atoms with Crippen molar-refractivity contribution in [3.05, 3.63) is 77.9 Å². The average Bonchev–Trinajstić information content (AvgIpc) is 2.66. The van der Waals surface area contributed by atoms with Gasteiger partial charge in [0.1, 0.15) is 0 Å². The molecular formula is C26H31O2P. The molecule has 3 aromatic rings. The first-order valence-corrected chi connectivity index (χ1v) is 11.3. The van der Waals surface area contributed by atoms with Gasteiger partial charge in [-0.25, -0.2) is 0 Å². The van der Waals surface area contributed by atoms with E-state index in [-0.39, 0.29) is 10.8 Å². The molecule has 0 atom stereocenters. The molecule has 152 valence electrons. The van der Waals surface area contributed by atoms with E-state index in [0.717, 1.165) is 22.3 Å². The van der Waals surface area contributed by atoms with Gasteiger partial charge in [-0.15, -0.1) is 0 Å². The first-order valence-electron chi connectivity index (χ1n) is 10.0. The van der Waals surface area contributed by atoms with Crippen molar-refractivity contribution in [1.82, 2.24) is 0 Å². The van der Waals surface area contributed by atoms with Crippen LogP contribution < -0.4 is 5.30 Å². The van der Waals surface area contributed by atoms with E-state index in [4.69, 9.17) is 0 Å². The van der Waals surface area contributed by atoms with E-state index < -0.39 is 8.38 Å². The summed E-state index contributed by atoms with van der Waals surface area (Å²) in [6.07, 6.45) is 0. The van der Waals surface area contributed by atoms with E-state index in [1.165, 1.54) is 11.1 Å². The topological polar surface area (TPSA) is 40.5 Å². The molecule has 0 unspecified atom stereocenters. The van der Waals surface area contributed by atoms with E-state index in [9.17, 15) is 9.79 Å². The van der Waals surface area contributed by atoms with E-state index >= 15 is 0 Å². The molecule has 0 fully saturated rings. The lowest BCUT2D eigenvalue weighted by molar-refractivity contribution is 0.497. The summed E-state index contributed by atoms with van der Waals surface area (Å²) >= 11 is 0. The van der Waals surface area contributed by atoms with Gasteiger partial charge in [-0.3, -0.25) is 0 Å². The molecule has 3 aromatic carbocycles. The number of hydrogen-bond donors (Lipinski definition) is 2. The quantitative estimate of drug-likeness (QED) is 0.485. The van der Waals surface area contributed by atoms with Crippen molar-refractivity contribution in [2.24, 2.45) is 0 Å². The molecule has 29 heavy (non-hydrogen) atoms. The zero-order valence-corrected chi connectivity index (χ0v) is 19.1. The summed E-state index contributed by atoms with van der Waals surface area (Å²) in [4.78, 5) is 20.7. The third-order valence-corrected chi connectivity index (χ3v) is 6.08. The molecule has 0 aromatic heterocycles. The van der Waals surface area contributed by atoms with Crippen molar-refractivity contribution in [3.8, 4) is 22.3 Å². The van der Waals surface area contributed by atoms with Gasteiger partial charge in [0.25, 0.3) is 0 Å². The summed E-state index contributed by atoms with van der Waals surface area (Å²) in [5.74, 6) is 0. The third kappa shape index (κ3) is 4.46. The summed E-state index contributed by atoms with van der Waals surface area (Å²) in [5, 5.41) is 0.601. The molecule has 3 heteroatoms. The minimum atomic E-state index is -2.24. The Morgan fingerprint density at radius 2 is 1.10 bits per heavy atom. The van der Waals surface area contributed by atoms with Gasteiger partial charge in [-0.05, 0) is 44.7 Å². The number of hydrogen-bond acceptors (Lipinski definition) is 2. The van der Waals surface area contributed by atoms with Crippen LogP contribution in [0, 0.1) is 0 Å². The molecule has 0 aliphatic carbocycles. The molecule has 2 N–H and O–H groups in total. The van der Waals surface area contributed by atoms with Crippen LogP contribution in [0.3, 0.4) is 0 Å². The van der Waals surface area contributed by atoms with Crippen molar-refractivity contribution < 1.29 is 9.79 Å². The molecule has 0 saturated carbocycles. The van der Waals surface area contributed by atoms with Crippen molar-refractivity contribution in [3.63, 3.8) is 0 Å². The first-order chi connectivity index (χ1) is 13.5.